The summed E-state index contributed by atoms with van der Waals surface area (Å²) < 4.78 is 63.0. The lowest BCUT2D eigenvalue weighted by molar-refractivity contribution is -0.192. The van der Waals surface area contributed by atoms with Crippen molar-refractivity contribution in [2.75, 3.05) is 32.8 Å². The van der Waals surface area contributed by atoms with Crippen molar-refractivity contribution in [1.29, 1.82) is 0 Å². The fourth-order valence-electron chi connectivity index (χ4n) is 6.90. The zero-order valence-electron chi connectivity index (χ0n) is 36.0. The van der Waals surface area contributed by atoms with E-state index in [0.29, 0.717) is 16.2 Å². The summed E-state index contributed by atoms with van der Waals surface area (Å²) in [6, 6.07) is 10.4. The van der Waals surface area contributed by atoms with Gasteiger partial charge in [-0.3, -0.25) is 33.7 Å². The highest BCUT2D eigenvalue weighted by molar-refractivity contribution is 6.14. The van der Waals surface area contributed by atoms with Gasteiger partial charge >= 0.3 is 18.1 Å². The van der Waals surface area contributed by atoms with Crippen LogP contribution in [0.15, 0.2) is 72.9 Å². The SMILES string of the molecule is CC(C)(C)[C@H](c1cc(-c2cc(F)ccc2F)cn1Cc1ccccc1)N(CC[C@H](N)C(=O)NCCN(C(=O)CN1C(=O)C=CC1=O)[C@@H](CCC(N)=O)C(=O)O)C(=O)CO.O=C(O)C(F)(F)F. The highest BCUT2D eigenvalue weighted by Gasteiger charge is 2.39. The molecule has 18 nitrogen and oxygen atoms in total. The Balaban J connectivity index is 0.00000152. The van der Waals surface area contributed by atoms with E-state index in [2.05, 4.69) is 5.32 Å². The first kappa shape index (κ1) is 53.3. The number of nitrogens with two attached hydrogens (primary N) is 2. The number of nitrogens with zero attached hydrogens (tertiary/aromatic N) is 4. The van der Waals surface area contributed by atoms with E-state index in [-0.39, 0.29) is 38.0 Å². The minimum atomic E-state index is -5.08. The second kappa shape index (κ2) is 23.3. The molecule has 4 rings (SSSR count). The van der Waals surface area contributed by atoms with E-state index >= 15 is 4.39 Å². The van der Waals surface area contributed by atoms with E-state index in [0.717, 1.165) is 40.8 Å². The van der Waals surface area contributed by atoms with Crippen molar-refractivity contribution in [2.45, 2.75) is 70.9 Å². The van der Waals surface area contributed by atoms with E-state index < -0.39 is 115 Å². The first-order valence-electron chi connectivity index (χ1n) is 20.0. The van der Waals surface area contributed by atoms with Crippen LogP contribution in [0, 0.1) is 17.0 Å². The summed E-state index contributed by atoms with van der Waals surface area (Å²) in [5.74, 6) is -10.3. The van der Waals surface area contributed by atoms with Crippen molar-refractivity contribution in [3.63, 3.8) is 0 Å². The molecule has 0 aliphatic carbocycles. The van der Waals surface area contributed by atoms with Gasteiger partial charge in [-0.25, -0.2) is 18.4 Å². The number of alkyl halides is 3. The number of benzene rings is 2. The Bertz CT molecular complexity index is 2280. The smallest absolute Gasteiger partial charge is 0.480 e. The van der Waals surface area contributed by atoms with Gasteiger partial charge in [0.25, 0.3) is 11.8 Å². The van der Waals surface area contributed by atoms with Crippen LogP contribution < -0.4 is 16.8 Å². The minimum Gasteiger partial charge on any atom is -0.480 e. The lowest BCUT2D eigenvalue weighted by Crippen LogP contribution is -2.53. The molecular weight excluding hydrogens is 886 g/mol. The van der Waals surface area contributed by atoms with Gasteiger partial charge in [0.15, 0.2) is 0 Å². The molecule has 0 spiro atoms. The van der Waals surface area contributed by atoms with Gasteiger partial charge in [-0.15, -0.1) is 0 Å². The van der Waals surface area contributed by atoms with Crippen molar-refractivity contribution in [2.24, 2.45) is 16.9 Å². The number of rotatable bonds is 20. The molecule has 6 amide bonds. The van der Waals surface area contributed by atoms with Crippen LogP contribution in [-0.2, 0) is 44.9 Å². The number of aliphatic hydroxyl groups excluding tert-OH is 1. The second-order valence-corrected chi connectivity index (χ2v) is 15.9. The first-order valence-corrected chi connectivity index (χ1v) is 20.0. The number of carbonyl (C=O) groups excluding carboxylic acids is 6. The third-order valence-corrected chi connectivity index (χ3v) is 9.98. The molecule has 3 aromatic rings. The van der Waals surface area contributed by atoms with Crippen molar-refractivity contribution < 1.29 is 75.6 Å². The number of hydrogen-bond acceptors (Lipinski definition) is 10. The largest absolute Gasteiger partial charge is 0.490 e. The Kier molecular flexibility index (Phi) is 18.8. The van der Waals surface area contributed by atoms with E-state index in [1.54, 1.807) is 12.3 Å². The average Bonchev–Trinajstić information content (AvgIpc) is 3.78. The number of amides is 6. The summed E-state index contributed by atoms with van der Waals surface area (Å²) in [6.07, 6.45) is -2.44. The number of carboxylic acids is 2. The van der Waals surface area contributed by atoms with Gasteiger partial charge in [-0.2, -0.15) is 13.2 Å². The Labute approximate surface area is 374 Å². The number of halogens is 5. The summed E-state index contributed by atoms with van der Waals surface area (Å²) in [5.41, 5.74) is 12.5. The van der Waals surface area contributed by atoms with Crippen LogP contribution in [0.2, 0.25) is 0 Å². The number of aromatic nitrogens is 1. The number of aliphatic hydroxyl groups is 1. The fourth-order valence-corrected chi connectivity index (χ4v) is 6.90. The van der Waals surface area contributed by atoms with E-state index in [9.17, 15) is 61.3 Å². The summed E-state index contributed by atoms with van der Waals surface area (Å²) >= 11 is 0. The maximum Gasteiger partial charge on any atom is 0.490 e. The van der Waals surface area contributed by atoms with Gasteiger partial charge in [0, 0.05) is 67.8 Å². The summed E-state index contributed by atoms with van der Waals surface area (Å²) in [4.78, 5) is 99.7. The molecule has 0 unspecified atom stereocenters. The predicted molar refractivity (Wildman–Crippen MR) is 223 cm³/mol. The van der Waals surface area contributed by atoms with Crippen molar-refractivity contribution in [1.82, 2.24) is 24.6 Å². The normalized spacial score (nSPS) is 13.9. The summed E-state index contributed by atoms with van der Waals surface area (Å²) in [5, 5.41) is 29.7. The van der Waals surface area contributed by atoms with Gasteiger partial charge in [-0.05, 0) is 48.1 Å². The first-order chi connectivity index (χ1) is 30.8. The molecule has 1 aromatic heterocycles. The highest BCUT2D eigenvalue weighted by atomic mass is 19.4. The number of nitrogens with one attached hydrogen (secondary N) is 1. The molecule has 1 aliphatic rings. The molecular formula is C43H50F5N7O11. The van der Waals surface area contributed by atoms with Crippen molar-refractivity contribution in [3.05, 3.63) is 95.8 Å². The number of imide groups is 1. The van der Waals surface area contributed by atoms with Crippen molar-refractivity contribution >= 4 is 47.4 Å². The molecule has 358 valence electrons. The molecule has 0 fully saturated rings. The fraction of sp³-hybridized carbons (Fsp3) is 0.395. The number of carbonyl (C=O) groups is 8. The van der Waals surface area contributed by atoms with Crippen LogP contribution >= 0.6 is 0 Å². The Morgan fingerprint density at radius 2 is 1.45 bits per heavy atom. The number of aliphatic carboxylic acids is 2. The van der Waals surface area contributed by atoms with Crippen molar-refractivity contribution in [3.8, 4) is 11.1 Å². The van der Waals surface area contributed by atoms with Gasteiger partial charge in [0.05, 0.1) is 12.1 Å². The third kappa shape index (κ3) is 15.0. The summed E-state index contributed by atoms with van der Waals surface area (Å²) in [6.45, 7) is 3.25. The number of carboxylic acid groups (broad SMARTS) is 2. The van der Waals surface area contributed by atoms with Crippen LogP contribution in [-0.4, -0.2) is 133 Å². The molecule has 0 radical (unpaired) electrons. The average molecular weight is 936 g/mol. The monoisotopic (exact) mass is 935 g/mol. The Hall–Kier alpha value is -7.01. The summed E-state index contributed by atoms with van der Waals surface area (Å²) in [7, 11) is 0. The quantitative estimate of drug-likeness (QED) is 0.0704. The molecule has 8 N–H and O–H groups in total. The van der Waals surface area contributed by atoms with Crippen LogP contribution in [0.25, 0.3) is 11.1 Å². The minimum absolute atomic E-state index is 0.00212. The molecule has 0 bridgehead atoms. The Morgan fingerprint density at radius 3 is 1.98 bits per heavy atom. The zero-order valence-corrected chi connectivity index (χ0v) is 36.0. The van der Waals surface area contributed by atoms with Gasteiger partial charge in [0.2, 0.25) is 23.6 Å². The topological polar surface area (TPSA) is 276 Å². The molecule has 1 aliphatic heterocycles. The van der Waals surface area contributed by atoms with Gasteiger partial charge in [-0.1, -0.05) is 51.1 Å². The maximum atomic E-state index is 15.1. The number of primary amides is 1. The number of hydrogen-bond donors (Lipinski definition) is 6. The van der Waals surface area contributed by atoms with E-state index in [1.165, 1.54) is 4.90 Å². The van der Waals surface area contributed by atoms with Crippen LogP contribution in [0.1, 0.15) is 57.3 Å². The lowest BCUT2D eigenvalue weighted by Gasteiger charge is -2.41. The molecule has 66 heavy (non-hydrogen) atoms. The third-order valence-electron chi connectivity index (χ3n) is 9.98. The second-order valence-electron chi connectivity index (χ2n) is 15.9. The maximum absolute atomic E-state index is 15.1. The van der Waals surface area contributed by atoms with Crippen LogP contribution in [0.4, 0.5) is 22.0 Å². The van der Waals surface area contributed by atoms with Crippen LogP contribution in [0.5, 0.6) is 0 Å². The van der Waals surface area contributed by atoms with E-state index in [4.69, 9.17) is 21.4 Å². The van der Waals surface area contributed by atoms with Gasteiger partial charge in [0.1, 0.15) is 30.8 Å². The Morgan fingerprint density at radius 1 is 0.848 bits per heavy atom. The standard InChI is InChI=1S/C41H49F2N7O9.C2HF3O2/c1-41(2,3)38(32-19-26(28-20-27(42)9-10-29(28)43)22-47(32)21-25-7-5-4-6-8-25)49(37(56)24-51)17-15-30(44)39(57)46-16-18-48(31(40(58)59)11-12-33(45)52)36(55)23-50-34(53)13-14-35(50)54;3-2(4,5)1(6)7/h4-10,13-14,19-20,22,30-31,38,51H,11-12,15-18,21,23-24,44H2,1-3H3,(H2,45,52)(H,46,57)(H,58,59);(H,6,7)/t30-,31-,38-;/m0./s1. The van der Waals surface area contributed by atoms with E-state index in [1.807, 2.05) is 55.7 Å². The molecule has 23 heteroatoms. The molecule has 2 heterocycles. The molecule has 3 atom stereocenters. The van der Waals surface area contributed by atoms with Crippen LogP contribution in [0.3, 0.4) is 0 Å². The molecule has 0 saturated heterocycles. The lowest BCUT2D eigenvalue weighted by atomic mass is 9.82. The molecule has 0 saturated carbocycles. The molecule has 2 aromatic carbocycles. The zero-order chi connectivity index (χ0) is 49.7. The van der Waals surface area contributed by atoms with Gasteiger partial charge < -0.3 is 46.5 Å². The predicted octanol–water partition coefficient (Wildman–Crippen LogP) is 2.33. The highest BCUT2D eigenvalue weighted by Crippen LogP contribution is 2.41.